The van der Waals surface area contributed by atoms with Gasteiger partial charge in [0.1, 0.15) is 18.1 Å². The van der Waals surface area contributed by atoms with Crippen molar-refractivity contribution in [2.75, 3.05) is 5.75 Å². The molecule has 0 radical (unpaired) electrons. The third kappa shape index (κ3) is 3.19. The van der Waals surface area contributed by atoms with Gasteiger partial charge in [-0.1, -0.05) is 53.7 Å². The number of benzene rings is 3. The number of thioether (sulfide) groups is 1. The maximum Gasteiger partial charge on any atom is 0.316 e. The number of fused-ring (bicyclic) bond motifs is 2. The Morgan fingerprint density at radius 2 is 1.80 bits per heavy atom. The number of carbonyl (C=O) groups excluding carboxylic acids is 2. The van der Waals surface area contributed by atoms with Crippen molar-refractivity contribution >= 4 is 34.3 Å². The maximum absolute atomic E-state index is 13.0. The predicted octanol–water partition coefficient (Wildman–Crippen LogP) is 5.18. The number of aryl methyl sites for hydroxylation is 1. The molecule has 0 unspecified atom stereocenters. The Morgan fingerprint density at radius 1 is 1.00 bits per heavy atom. The van der Waals surface area contributed by atoms with Crippen molar-refractivity contribution in [3.8, 4) is 11.1 Å². The van der Waals surface area contributed by atoms with Gasteiger partial charge in [-0.3, -0.25) is 9.59 Å². The van der Waals surface area contributed by atoms with Gasteiger partial charge in [-0.05, 0) is 29.5 Å². The Morgan fingerprint density at radius 3 is 2.60 bits per heavy atom. The molecule has 1 aromatic heterocycles. The quantitative estimate of drug-likeness (QED) is 0.291. The molecule has 0 saturated heterocycles. The minimum absolute atomic E-state index is 0.0353. The van der Waals surface area contributed by atoms with Crippen molar-refractivity contribution < 1.29 is 18.8 Å². The zero-order valence-electron chi connectivity index (χ0n) is 16.2. The standard InChI is InChI=1S/C24H17NO4S/c1-14-11-15(25-29-14)12-28-22(26)13-30-21-10-9-17-16-5-2-3-6-18(16)24(27)20-8-4-7-19(21)23(17)20/h2-11H,12-13H2,1H3. The van der Waals surface area contributed by atoms with Gasteiger partial charge < -0.3 is 9.26 Å². The van der Waals surface area contributed by atoms with Crippen LogP contribution in [0.5, 0.6) is 0 Å². The fourth-order valence-electron chi connectivity index (χ4n) is 3.80. The summed E-state index contributed by atoms with van der Waals surface area (Å²) in [6.07, 6.45) is 0. The summed E-state index contributed by atoms with van der Waals surface area (Å²) in [6.45, 7) is 1.88. The van der Waals surface area contributed by atoms with Gasteiger partial charge in [0.2, 0.25) is 0 Å². The Hall–Kier alpha value is -3.38. The SMILES string of the molecule is Cc1cc(COC(=O)CSc2ccc3c4c(cccc24)C(=O)c2ccccc2-3)no1. The van der Waals surface area contributed by atoms with E-state index in [4.69, 9.17) is 9.26 Å². The number of rotatable bonds is 5. The van der Waals surface area contributed by atoms with Crippen molar-refractivity contribution in [3.05, 3.63) is 83.2 Å². The lowest BCUT2D eigenvalue weighted by molar-refractivity contribution is -0.141. The summed E-state index contributed by atoms with van der Waals surface area (Å²) in [5.74, 6) is 0.547. The van der Waals surface area contributed by atoms with Crippen LogP contribution in [0.25, 0.3) is 21.9 Å². The van der Waals surface area contributed by atoms with Gasteiger partial charge in [0.25, 0.3) is 0 Å². The molecule has 0 saturated carbocycles. The molecule has 1 aliphatic carbocycles. The van der Waals surface area contributed by atoms with Crippen LogP contribution < -0.4 is 0 Å². The van der Waals surface area contributed by atoms with Gasteiger partial charge in [-0.25, -0.2) is 0 Å². The van der Waals surface area contributed by atoms with Crippen LogP contribution in [0.4, 0.5) is 0 Å². The highest BCUT2D eigenvalue weighted by molar-refractivity contribution is 8.00. The molecule has 0 N–H and O–H groups in total. The second-order valence-corrected chi connectivity index (χ2v) is 8.11. The Bertz CT molecular complexity index is 1310. The Balaban J connectivity index is 1.41. The fraction of sp³-hybridized carbons (Fsp3) is 0.125. The minimum atomic E-state index is -0.331. The highest BCUT2D eigenvalue weighted by atomic mass is 32.2. The molecule has 5 nitrogen and oxygen atoms in total. The van der Waals surface area contributed by atoms with Crippen LogP contribution in [0, 0.1) is 6.92 Å². The molecule has 0 atom stereocenters. The van der Waals surface area contributed by atoms with E-state index in [2.05, 4.69) is 5.16 Å². The molecule has 0 fully saturated rings. The minimum Gasteiger partial charge on any atom is -0.458 e. The summed E-state index contributed by atoms with van der Waals surface area (Å²) >= 11 is 1.40. The van der Waals surface area contributed by atoms with E-state index in [0.29, 0.717) is 17.0 Å². The zero-order chi connectivity index (χ0) is 20.7. The number of esters is 1. The van der Waals surface area contributed by atoms with Crippen molar-refractivity contribution in [2.24, 2.45) is 0 Å². The molecule has 0 spiro atoms. The summed E-state index contributed by atoms with van der Waals surface area (Å²) in [7, 11) is 0. The summed E-state index contributed by atoms with van der Waals surface area (Å²) < 4.78 is 10.3. The molecule has 0 amide bonds. The highest BCUT2D eigenvalue weighted by Gasteiger charge is 2.25. The summed E-state index contributed by atoms with van der Waals surface area (Å²) in [5.41, 5.74) is 4.01. The van der Waals surface area contributed by atoms with Crippen LogP contribution >= 0.6 is 11.8 Å². The van der Waals surface area contributed by atoms with Gasteiger partial charge >= 0.3 is 5.97 Å². The third-order valence-corrected chi connectivity index (χ3v) is 6.16. The molecular formula is C24H17NO4S. The Kier molecular flexibility index (Phi) is 4.64. The molecule has 5 rings (SSSR count). The number of carbonyl (C=O) groups is 2. The summed E-state index contributed by atoms with van der Waals surface area (Å²) in [6, 6.07) is 19.2. The first-order chi connectivity index (χ1) is 14.6. The number of ether oxygens (including phenoxy) is 1. The van der Waals surface area contributed by atoms with Crippen LogP contribution in [0.2, 0.25) is 0 Å². The van der Waals surface area contributed by atoms with E-state index < -0.39 is 0 Å². The van der Waals surface area contributed by atoms with Crippen LogP contribution in [0.3, 0.4) is 0 Å². The maximum atomic E-state index is 13.0. The molecule has 0 aliphatic heterocycles. The zero-order valence-corrected chi connectivity index (χ0v) is 17.0. The van der Waals surface area contributed by atoms with E-state index in [1.807, 2.05) is 54.6 Å². The number of nitrogens with zero attached hydrogens (tertiary/aromatic N) is 1. The van der Waals surface area contributed by atoms with E-state index >= 15 is 0 Å². The lowest BCUT2D eigenvalue weighted by Crippen LogP contribution is -2.10. The first-order valence-electron chi connectivity index (χ1n) is 9.52. The number of aromatic nitrogens is 1. The average molecular weight is 415 g/mol. The van der Waals surface area contributed by atoms with Gasteiger partial charge in [0.15, 0.2) is 5.78 Å². The topological polar surface area (TPSA) is 69.4 Å². The lowest BCUT2D eigenvalue weighted by atomic mass is 9.83. The van der Waals surface area contributed by atoms with E-state index in [1.54, 1.807) is 13.0 Å². The second-order valence-electron chi connectivity index (χ2n) is 7.09. The fourth-order valence-corrected chi connectivity index (χ4v) is 4.65. The number of ketones is 1. The van der Waals surface area contributed by atoms with Crippen LogP contribution in [-0.4, -0.2) is 22.7 Å². The van der Waals surface area contributed by atoms with Crippen molar-refractivity contribution in [1.82, 2.24) is 5.16 Å². The molecule has 6 heteroatoms. The molecule has 4 aromatic rings. The monoisotopic (exact) mass is 415 g/mol. The first kappa shape index (κ1) is 18.6. The third-order valence-electron chi connectivity index (χ3n) is 5.11. The first-order valence-corrected chi connectivity index (χ1v) is 10.5. The predicted molar refractivity (Wildman–Crippen MR) is 115 cm³/mol. The van der Waals surface area contributed by atoms with Crippen LogP contribution in [-0.2, 0) is 16.1 Å². The van der Waals surface area contributed by atoms with Crippen molar-refractivity contribution in [1.29, 1.82) is 0 Å². The number of hydrogen-bond donors (Lipinski definition) is 0. The van der Waals surface area contributed by atoms with Gasteiger partial charge in [0.05, 0.1) is 5.75 Å². The van der Waals surface area contributed by atoms with Gasteiger partial charge in [0, 0.05) is 27.5 Å². The highest BCUT2D eigenvalue weighted by Crippen LogP contribution is 2.42. The average Bonchev–Trinajstić information content (AvgIpc) is 3.19. The Labute approximate surface area is 177 Å². The molecular weight excluding hydrogens is 398 g/mol. The summed E-state index contributed by atoms with van der Waals surface area (Å²) in [5, 5.41) is 5.73. The molecule has 1 aliphatic rings. The summed E-state index contributed by atoms with van der Waals surface area (Å²) in [4.78, 5) is 26.1. The van der Waals surface area contributed by atoms with E-state index in [1.165, 1.54) is 11.8 Å². The van der Waals surface area contributed by atoms with Crippen molar-refractivity contribution in [2.45, 2.75) is 18.4 Å². The normalized spacial score (nSPS) is 12.1. The van der Waals surface area contributed by atoms with Crippen molar-refractivity contribution in [3.63, 3.8) is 0 Å². The largest absolute Gasteiger partial charge is 0.458 e. The molecule has 30 heavy (non-hydrogen) atoms. The molecule has 148 valence electrons. The van der Waals surface area contributed by atoms with Crippen LogP contribution in [0.1, 0.15) is 27.4 Å². The number of hydrogen-bond acceptors (Lipinski definition) is 6. The molecule has 0 bridgehead atoms. The second kappa shape index (κ2) is 7.46. The van der Waals surface area contributed by atoms with E-state index in [-0.39, 0.29) is 24.1 Å². The van der Waals surface area contributed by atoms with E-state index in [9.17, 15) is 9.59 Å². The smallest absolute Gasteiger partial charge is 0.316 e. The molecule has 3 aromatic carbocycles. The van der Waals surface area contributed by atoms with Crippen LogP contribution in [0.15, 0.2) is 70.1 Å². The van der Waals surface area contributed by atoms with Gasteiger partial charge in [-0.15, -0.1) is 11.8 Å². The lowest BCUT2D eigenvalue weighted by Gasteiger charge is -2.21. The molecule has 1 heterocycles. The van der Waals surface area contributed by atoms with Gasteiger partial charge in [-0.2, -0.15) is 0 Å². The van der Waals surface area contributed by atoms with E-state index in [0.717, 1.165) is 32.4 Å².